The fraction of sp³-hybridized carbons (Fsp3) is 0.143. The number of carbonyl (C=O) groups excluding carboxylic acids is 1. The SMILES string of the molecule is C=CCc1cc(/C=C(/C#N)C(=O)Nc2cccc(Br)c2)cc(OCC)c1OCc1ccc(Cl)cc1. The number of benzene rings is 3. The van der Waals surface area contributed by atoms with Crippen LogP contribution in [0.15, 0.2) is 83.4 Å². The van der Waals surface area contributed by atoms with Gasteiger partial charge in [-0.05, 0) is 73.0 Å². The van der Waals surface area contributed by atoms with Crippen LogP contribution in [0.1, 0.15) is 23.6 Å². The minimum absolute atomic E-state index is 0.0354. The smallest absolute Gasteiger partial charge is 0.266 e. The number of hydrogen-bond donors (Lipinski definition) is 1. The third-order valence-electron chi connectivity index (χ3n) is 4.87. The molecule has 0 bridgehead atoms. The van der Waals surface area contributed by atoms with Crippen molar-refractivity contribution in [2.75, 3.05) is 11.9 Å². The number of ether oxygens (including phenoxy) is 2. The number of carbonyl (C=O) groups is 1. The number of rotatable bonds is 10. The zero-order valence-corrected chi connectivity index (χ0v) is 21.5. The van der Waals surface area contributed by atoms with Crippen LogP contribution >= 0.6 is 27.5 Å². The molecule has 0 spiro atoms. The van der Waals surface area contributed by atoms with E-state index in [0.29, 0.717) is 47.4 Å². The lowest BCUT2D eigenvalue weighted by molar-refractivity contribution is -0.112. The van der Waals surface area contributed by atoms with Crippen molar-refractivity contribution in [2.45, 2.75) is 20.0 Å². The molecule has 0 aliphatic rings. The van der Waals surface area contributed by atoms with Crippen LogP contribution in [-0.4, -0.2) is 12.5 Å². The highest BCUT2D eigenvalue weighted by molar-refractivity contribution is 9.10. The average Bonchev–Trinajstić information content (AvgIpc) is 2.83. The second-order valence-corrected chi connectivity index (χ2v) is 8.83. The van der Waals surface area contributed by atoms with E-state index in [0.717, 1.165) is 15.6 Å². The number of halogens is 2. The summed E-state index contributed by atoms with van der Waals surface area (Å²) in [5.41, 5.74) is 2.98. The maximum Gasteiger partial charge on any atom is 0.266 e. The predicted molar refractivity (Wildman–Crippen MR) is 144 cm³/mol. The van der Waals surface area contributed by atoms with Crippen molar-refractivity contribution >= 4 is 45.2 Å². The van der Waals surface area contributed by atoms with E-state index in [9.17, 15) is 10.1 Å². The van der Waals surface area contributed by atoms with E-state index in [4.69, 9.17) is 21.1 Å². The van der Waals surface area contributed by atoms with Crippen LogP contribution in [0.2, 0.25) is 5.02 Å². The molecule has 3 aromatic rings. The van der Waals surface area contributed by atoms with Gasteiger partial charge in [-0.25, -0.2) is 0 Å². The Morgan fingerprint density at radius 1 is 1.17 bits per heavy atom. The molecule has 0 heterocycles. The van der Waals surface area contributed by atoms with E-state index >= 15 is 0 Å². The molecular formula is C28H24BrClN2O3. The van der Waals surface area contributed by atoms with Crippen LogP contribution in [0.5, 0.6) is 11.5 Å². The molecule has 0 aliphatic heterocycles. The molecule has 0 unspecified atom stereocenters. The van der Waals surface area contributed by atoms with Crippen molar-refractivity contribution in [1.82, 2.24) is 0 Å². The molecule has 0 aromatic heterocycles. The molecule has 35 heavy (non-hydrogen) atoms. The fourth-order valence-electron chi connectivity index (χ4n) is 3.32. The largest absolute Gasteiger partial charge is 0.490 e. The summed E-state index contributed by atoms with van der Waals surface area (Å²) in [6.07, 6.45) is 3.81. The quantitative estimate of drug-likeness (QED) is 0.162. The number of anilines is 1. The zero-order valence-electron chi connectivity index (χ0n) is 19.2. The summed E-state index contributed by atoms with van der Waals surface area (Å²) in [7, 11) is 0. The van der Waals surface area contributed by atoms with Crippen LogP contribution in [-0.2, 0) is 17.8 Å². The van der Waals surface area contributed by atoms with Gasteiger partial charge in [0, 0.05) is 20.7 Å². The third-order valence-corrected chi connectivity index (χ3v) is 5.62. The van der Waals surface area contributed by atoms with E-state index in [2.05, 4.69) is 27.8 Å². The van der Waals surface area contributed by atoms with Gasteiger partial charge in [0.15, 0.2) is 11.5 Å². The summed E-state index contributed by atoms with van der Waals surface area (Å²) >= 11 is 9.35. The Morgan fingerprint density at radius 3 is 2.60 bits per heavy atom. The molecule has 0 atom stereocenters. The first-order valence-corrected chi connectivity index (χ1v) is 12.1. The van der Waals surface area contributed by atoms with Gasteiger partial charge >= 0.3 is 0 Å². The maximum absolute atomic E-state index is 12.7. The standard InChI is InChI=1S/C28H24BrClN2O3/c1-3-6-21-13-20(14-22(17-31)28(33)32-25-8-5-7-23(29)16-25)15-26(34-4-2)27(21)35-18-19-9-11-24(30)12-10-19/h3,5,7-16H,1,4,6,18H2,2H3,(H,32,33)/b22-14-. The number of nitrogens with one attached hydrogen (secondary N) is 1. The van der Waals surface area contributed by atoms with Crippen LogP contribution < -0.4 is 14.8 Å². The van der Waals surface area contributed by atoms with Crippen molar-refractivity contribution in [1.29, 1.82) is 5.26 Å². The molecule has 1 amide bonds. The minimum atomic E-state index is -0.503. The van der Waals surface area contributed by atoms with Gasteiger partial charge in [-0.3, -0.25) is 4.79 Å². The summed E-state index contributed by atoms with van der Waals surface area (Å²) in [4.78, 5) is 12.7. The number of nitrogens with zero attached hydrogens (tertiary/aromatic N) is 1. The Balaban J connectivity index is 1.92. The summed E-state index contributed by atoms with van der Waals surface area (Å²) in [6.45, 7) is 6.47. The van der Waals surface area contributed by atoms with E-state index in [1.54, 1.807) is 30.3 Å². The Labute approximate surface area is 218 Å². The molecule has 178 valence electrons. The predicted octanol–water partition coefficient (Wildman–Crippen LogP) is 7.35. The summed E-state index contributed by atoms with van der Waals surface area (Å²) in [5, 5.41) is 13.1. The molecule has 0 fully saturated rings. The Morgan fingerprint density at radius 2 is 1.94 bits per heavy atom. The van der Waals surface area contributed by atoms with Crippen molar-refractivity contribution in [2.24, 2.45) is 0 Å². The molecule has 0 saturated heterocycles. The van der Waals surface area contributed by atoms with Gasteiger partial charge < -0.3 is 14.8 Å². The minimum Gasteiger partial charge on any atom is -0.490 e. The average molecular weight is 552 g/mol. The third kappa shape index (κ3) is 7.48. The summed E-state index contributed by atoms with van der Waals surface area (Å²) in [5.74, 6) is 0.615. The molecule has 0 aliphatic carbocycles. The number of hydrogen-bond acceptors (Lipinski definition) is 4. The highest BCUT2D eigenvalue weighted by Gasteiger charge is 2.15. The molecule has 1 N–H and O–H groups in total. The lowest BCUT2D eigenvalue weighted by Crippen LogP contribution is -2.13. The number of nitriles is 1. The maximum atomic E-state index is 12.7. The van der Waals surface area contributed by atoms with Crippen LogP contribution in [0.25, 0.3) is 6.08 Å². The van der Waals surface area contributed by atoms with Gasteiger partial charge in [0.1, 0.15) is 18.2 Å². The van der Waals surface area contributed by atoms with Gasteiger partial charge in [-0.2, -0.15) is 5.26 Å². The highest BCUT2D eigenvalue weighted by atomic mass is 79.9. The van der Waals surface area contributed by atoms with Gasteiger partial charge in [-0.15, -0.1) is 6.58 Å². The number of amides is 1. The lowest BCUT2D eigenvalue weighted by atomic mass is 10.0. The molecule has 0 radical (unpaired) electrons. The van der Waals surface area contributed by atoms with E-state index in [1.807, 2.05) is 49.4 Å². The number of allylic oxidation sites excluding steroid dienone is 1. The van der Waals surface area contributed by atoms with Crippen molar-refractivity contribution in [3.8, 4) is 17.6 Å². The summed E-state index contributed by atoms with van der Waals surface area (Å²) in [6, 6.07) is 20.2. The van der Waals surface area contributed by atoms with Gasteiger partial charge in [0.2, 0.25) is 0 Å². The lowest BCUT2D eigenvalue weighted by Gasteiger charge is -2.17. The topological polar surface area (TPSA) is 71.4 Å². The summed E-state index contributed by atoms with van der Waals surface area (Å²) < 4.78 is 12.8. The van der Waals surface area contributed by atoms with Gasteiger partial charge in [0.05, 0.1) is 6.61 Å². The zero-order chi connectivity index (χ0) is 25.2. The molecule has 7 heteroatoms. The van der Waals surface area contributed by atoms with E-state index < -0.39 is 5.91 Å². The second-order valence-electron chi connectivity index (χ2n) is 7.48. The molecule has 3 aromatic carbocycles. The fourth-order valence-corrected chi connectivity index (χ4v) is 3.84. The van der Waals surface area contributed by atoms with E-state index in [1.165, 1.54) is 6.08 Å². The second kappa shape index (κ2) is 12.8. The van der Waals surface area contributed by atoms with E-state index in [-0.39, 0.29) is 5.57 Å². The molecule has 0 saturated carbocycles. The van der Waals surface area contributed by atoms with Gasteiger partial charge in [0.25, 0.3) is 5.91 Å². The first-order valence-electron chi connectivity index (χ1n) is 10.9. The normalized spacial score (nSPS) is 10.9. The molecular weight excluding hydrogens is 528 g/mol. The highest BCUT2D eigenvalue weighted by Crippen LogP contribution is 2.35. The van der Waals surface area contributed by atoms with Crippen molar-refractivity contribution in [3.05, 3.63) is 105 Å². The Bertz CT molecular complexity index is 1280. The van der Waals surface area contributed by atoms with Crippen LogP contribution in [0, 0.1) is 11.3 Å². The Hall–Kier alpha value is -3.53. The van der Waals surface area contributed by atoms with Crippen LogP contribution in [0.4, 0.5) is 5.69 Å². The molecule has 3 rings (SSSR count). The van der Waals surface area contributed by atoms with Gasteiger partial charge in [-0.1, -0.05) is 51.8 Å². The van der Waals surface area contributed by atoms with Crippen molar-refractivity contribution in [3.63, 3.8) is 0 Å². The van der Waals surface area contributed by atoms with Crippen LogP contribution in [0.3, 0.4) is 0 Å². The molecule has 5 nitrogen and oxygen atoms in total. The monoisotopic (exact) mass is 550 g/mol. The first kappa shape index (κ1) is 26.1. The first-order chi connectivity index (χ1) is 16.9. The Kier molecular flexibility index (Phi) is 9.54. The van der Waals surface area contributed by atoms with Crippen molar-refractivity contribution < 1.29 is 14.3 Å².